The minimum Gasteiger partial charge on any atom is -0.410 e. The topological polar surface area (TPSA) is 42.4 Å². The first-order chi connectivity index (χ1) is 9.29. The van der Waals surface area contributed by atoms with Gasteiger partial charge in [-0.25, -0.2) is 4.79 Å². The van der Waals surface area contributed by atoms with Crippen molar-refractivity contribution >= 4 is 6.09 Å². The summed E-state index contributed by atoms with van der Waals surface area (Å²) < 4.78 is 5.31. The average molecular weight is 256 g/mol. The zero-order valence-corrected chi connectivity index (χ0v) is 10.8. The first kappa shape index (κ1) is 13.1. The Morgan fingerprint density at radius 3 is 2.47 bits per heavy atom. The molecule has 0 saturated carbocycles. The smallest absolute Gasteiger partial charge is 0.410 e. The van der Waals surface area contributed by atoms with Crippen LogP contribution < -0.4 is 4.74 Å². The van der Waals surface area contributed by atoms with Crippen molar-refractivity contribution in [2.45, 2.75) is 13.5 Å². The second kappa shape index (κ2) is 6.54. The van der Waals surface area contributed by atoms with Gasteiger partial charge in [0, 0.05) is 25.5 Å². The van der Waals surface area contributed by atoms with E-state index in [1.54, 1.807) is 29.4 Å². The third-order valence-electron chi connectivity index (χ3n) is 2.71. The maximum absolute atomic E-state index is 12.0. The minimum absolute atomic E-state index is 0.342. The van der Waals surface area contributed by atoms with E-state index in [1.807, 2.05) is 37.3 Å². The van der Waals surface area contributed by atoms with E-state index in [0.29, 0.717) is 18.8 Å². The summed E-state index contributed by atoms with van der Waals surface area (Å²) in [6.07, 6.45) is 3.09. The van der Waals surface area contributed by atoms with Crippen LogP contribution in [-0.2, 0) is 6.54 Å². The number of hydrogen-bond acceptors (Lipinski definition) is 3. The molecule has 0 unspecified atom stereocenters. The van der Waals surface area contributed by atoms with Gasteiger partial charge in [0.25, 0.3) is 0 Å². The van der Waals surface area contributed by atoms with Crippen molar-refractivity contribution in [1.29, 1.82) is 0 Å². The fraction of sp³-hybridized carbons (Fsp3) is 0.200. The molecule has 4 nitrogen and oxygen atoms in total. The number of ether oxygens (including phenoxy) is 1. The number of carbonyl (C=O) groups excluding carboxylic acids is 1. The summed E-state index contributed by atoms with van der Waals surface area (Å²) in [6, 6.07) is 12.8. The molecule has 2 aromatic rings. The van der Waals surface area contributed by atoms with Crippen molar-refractivity contribution in [2.75, 3.05) is 6.54 Å². The van der Waals surface area contributed by atoms with Crippen LogP contribution in [0, 0.1) is 0 Å². The second-order valence-corrected chi connectivity index (χ2v) is 4.05. The lowest BCUT2D eigenvalue weighted by atomic mass is 10.2. The molecule has 1 amide bonds. The highest BCUT2D eigenvalue weighted by Gasteiger charge is 2.14. The summed E-state index contributed by atoms with van der Waals surface area (Å²) in [7, 11) is 0. The van der Waals surface area contributed by atoms with Crippen molar-refractivity contribution in [3.05, 3.63) is 60.4 Å². The number of para-hydroxylation sites is 1. The van der Waals surface area contributed by atoms with E-state index in [0.717, 1.165) is 5.56 Å². The Labute approximate surface area is 112 Å². The highest BCUT2D eigenvalue weighted by Crippen LogP contribution is 2.11. The quantitative estimate of drug-likeness (QED) is 0.844. The molecule has 0 aliphatic carbocycles. The fourth-order valence-electron chi connectivity index (χ4n) is 1.67. The second-order valence-electron chi connectivity index (χ2n) is 4.05. The molecule has 0 fully saturated rings. The van der Waals surface area contributed by atoms with Gasteiger partial charge in [-0.15, -0.1) is 0 Å². The average Bonchev–Trinajstić information content (AvgIpc) is 2.47. The molecule has 19 heavy (non-hydrogen) atoms. The van der Waals surface area contributed by atoms with E-state index in [-0.39, 0.29) is 6.09 Å². The highest BCUT2D eigenvalue weighted by molar-refractivity contribution is 5.70. The minimum atomic E-state index is -0.342. The van der Waals surface area contributed by atoms with Crippen LogP contribution in [0.2, 0.25) is 0 Å². The van der Waals surface area contributed by atoms with Crippen LogP contribution in [0.5, 0.6) is 5.75 Å². The SMILES string of the molecule is CCN(Cc1ccncc1)C(=O)Oc1ccccc1. The van der Waals surface area contributed by atoms with Gasteiger partial charge in [0.1, 0.15) is 5.75 Å². The van der Waals surface area contributed by atoms with Crippen molar-refractivity contribution in [1.82, 2.24) is 9.88 Å². The lowest BCUT2D eigenvalue weighted by molar-refractivity contribution is 0.152. The molecule has 0 N–H and O–H groups in total. The van der Waals surface area contributed by atoms with E-state index in [1.165, 1.54) is 0 Å². The lowest BCUT2D eigenvalue weighted by Gasteiger charge is -2.20. The number of hydrogen-bond donors (Lipinski definition) is 0. The normalized spacial score (nSPS) is 9.95. The molecule has 0 atom stereocenters. The predicted molar refractivity (Wildman–Crippen MR) is 72.8 cm³/mol. The van der Waals surface area contributed by atoms with Gasteiger partial charge in [-0.05, 0) is 36.8 Å². The predicted octanol–water partition coefficient (Wildman–Crippen LogP) is 3.10. The van der Waals surface area contributed by atoms with Gasteiger partial charge in [-0.1, -0.05) is 18.2 Å². The Morgan fingerprint density at radius 1 is 1.16 bits per heavy atom. The Balaban J connectivity index is 2.00. The molecule has 0 bridgehead atoms. The van der Waals surface area contributed by atoms with Crippen LogP contribution in [0.3, 0.4) is 0 Å². The molecular formula is C15H16N2O2. The summed E-state index contributed by atoms with van der Waals surface area (Å²) in [4.78, 5) is 17.6. The number of nitrogens with zero attached hydrogens (tertiary/aromatic N) is 2. The Hall–Kier alpha value is -2.36. The van der Waals surface area contributed by atoms with Crippen LogP contribution in [0.15, 0.2) is 54.9 Å². The van der Waals surface area contributed by atoms with E-state index >= 15 is 0 Å². The van der Waals surface area contributed by atoms with Gasteiger partial charge >= 0.3 is 6.09 Å². The van der Waals surface area contributed by atoms with Gasteiger partial charge < -0.3 is 9.64 Å². The molecule has 0 aliphatic rings. The Kier molecular flexibility index (Phi) is 4.50. The molecule has 0 spiro atoms. The molecular weight excluding hydrogens is 240 g/mol. The summed E-state index contributed by atoms with van der Waals surface area (Å²) in [5.41, 5.74) is 1.03. The zero-order chi connectivity index (χ0) is 13.5. The van der Waals surface area contributed by atoms with Crippen LogP contribution in [0.4, 0.5) is 4.79 Å². The molecule has 0 saturated heterocycles. The number of benzene rings is 1. The molecule has 2 rings (SSSR count). The molecule has 4 heteroatoms. The molecule has 1 aromatic carbocycles. The summed E-state index contributed by atoms with van der Waals surface area (Å²) in [5, 5.41) is 0. The first-order valence-electron chi connectivity index (χ1n) is 6.20. The van der Waals surface area contributed by atoms with Gasteiger partial charge in [0.15, 0.2) is 0 Å². The van der Waals surface area contributed by atoms with E-state index in [4.69, 9.17) is 4.74 Å². The van der Waals surface area contributed by atoms with Crippen molar-refractivity contribution < 1.29 is 9.53 Å². The van der Waals surface area contributed by atoms with Gasteiger partial charge in [-0.2, -0.15) is 0 Å². The number of rotatable bonds is 4. The molecule has 0 aliphatic heterocycles. The van der Waals surface area contributed by atoms with Crippen LogP contribution in [0.1, 0.15) is 12.5 Å². The van der Waals surface area contributed by atoms with Gasteiger partial charge in [0.2, 0.25) is 0 Å². The lowest BCUT2D eigenvalue weighted by Crippen LogP contribution is -2.32. The third-order valence-corrected chi connectivity index (χ3v) is 2.71. The first-order valence-corrected chi connectivity index (χ1v) is 6.20. The van der Waals surface area contributed by atoms with Gasteiger partial charge in [0.05, 0.1) is 0 Å². The number of carbonyl (C=O) groups is 1. The molecule has 0 radical (unpaired) electrons. The maximum Gasteiger partial charge on any atom is 0.415 e. The summed E-state index contributed by atoms with van der Waals surface area (Å²) >= 11 is 0. The van der Waals surface area contributed by atoms with Crippen molar-refractivity contribution in [3.8, 4) is 5.75 Å². The van der Waals surface area contributed by atoms with Gasteiger partial charge in [-0.3, -0.25) is 4.98 Å². The van der Waals surface area contributed by atoms with Crippen LogP contribution >= 0.6 is 0 Å². The Morgan fingerprint density at radius 2 is 1.84 bits per heavy atom. The maximum atomic E-state index is 12.0. The molecule has 98 valence electrons. The fourth-order valence-corrected chi connectivity index (χ4v) is 1.67. The zero-order valence-electron chi connectivity index (χ0n) is 10.8. The van der Waals surface area contributed by atoms with E-state index in [2.05, 4.69) is 4.98 Å². The third kappa shape index (κ3) is 3.81. The molecule has 1 aromatic heterocycles. The largest absolute Gasteiger partial charge is 0.415 e. The van der Waals surface area contributed by atoms with E-state index in [9.17, 15) is 4.79 Å². The highest BCUT2D eigenvalue weighted by atomic mass is 16.6. The van der Waals surface area contributed by atoms with E-state index < -0.39 is 0 Å². The van der Waals surface area contributed by atoms with Crippen LogP contribution in [-0.4, -0.2) is 22.5 Å². The summed E-state index contributed by atoms with van der Waals surface area (Å²) in [6.45, 7) is 3.03. The van der Waals surface area contributed by atoms with Crippen LogP contribution in [0.25, 0.3) is 0 Å². The molecule has 1 heterocycles. The number of aromatic nitrogens is 1. The van der Waals surface area contributed by atoms with Crippen molar-refractivity contribution in [2.24, 2.45) is 0 Å². The standard InChI is InChI=1S/C15H16N2O2/c1-2-17(12-13-8-10-16-11-9-13)15(18)19-14-6-4-3-5-7-14/h3-11H,2,12H2,1H3. The number of amides is 1. The summed E-state index contributed by atoms with van der Waals surface area (Å²) in [5.74, 6) is 0.556. The van der Waals surface area contributed by atoms with Crippen molar-refractivity contribution in [3.63, 3.8) is 0 Å². The Bertz CT molecular complexity index is 514. The monoisotopic (exact) mass is 256 g/mol. The number of pyridine rings is 1.